The number of carbonyl (C=O) groups excluding carboxylic acids is 1. The fourth-order valence-electron chi connectivity index (χ4n) is 3.89. The zero-order chi connectivity index (χ0) is 20.8. The summed E-state index contributed by atoms with van der Waals surface area (Å²) < 4.78 is 7.31. The molecule has 0 unspecified atom stereocenters. The Morgan fingerprint density at radius 1 is 1.03 bits per heavy atom. The van der Waals surface area contributed by atoms with Crippen LogP contribution in [0.1, 0.15) is 41.5 Å². The fraction of sp³-hybridized carbons (Fsp3) is 0.391. The van der Waals surface area contributed by atoms with Crippen LogP contribution in [0, 0.1) is 5.92 Å². The molecule has 1 fully saturated rings. The molecule has 156 valence electrons. The SMILES string of the molecule is CCOc1ccc(C(=O)C2CCN(Cc3nnnn3Cc3ccccc3)CC2)cc1. The summed E-state index contributed by atoms with van der Waals surface area (Å²) in [5.74, 6) is 1.96. The number of carbonyl (C=O) groups is 1. The van der Waals surface area contributed by atoms with Crippen LogP contribution >= 0.6 is 0 Å². The number of ether oxygens (including phenoxy) is 1. The Bertz CT molecular complexity index is 947. The number of ketones is 1. The molecule has 2 heterocycles. The Morgan fingerprint density at radius 3 is 2.47 bits per heavy atom. The van der Waals surface area contributed by atoms with E-state index in [1.807, 2.05) is 54.1 Å². The molecule has 7 nitrogen and oxygen atoms in total. The normalized spacial score (nSPS) is 15.2. The highest BCUT2D eigenvalue weighted by atomic mass is 16.5. The Kier molecular flexibility index (Phi) is 6.49. The molecule has 1 saturated heterocycles. The van der Waals surface area contributed by atoms with E-state index in [-0.39, 0.29) is 11.7 Å². The Balaban J connectivity index is 1.31. The standard InChI is InChI=1S/C23H27N5O2/c1-2-30-21-10-8-19(9-11-21)23(29)20-12-14-27(15-13-20)17-22-24-25-26-28(22)16-18-6-4-3-5-7-18/h3-11,20H,2,12-17H2,1H3. The van der Waals surface area contributed by atoms with E-state index in [4.69, 9.17) is 4.74 Å². The average Bonchev–Trinajstić information content (AvgIpc) is 3.22. The quantitative estimate of drug-likeness (QED) is 0.536. The van der Waals surface area contributed by atoms with Crippen molar-refractivity contribution in [1.82, 2.24) is 25.1 Å². The summed E-state index contributed by atoms with van der Waals surface area (Å²) in [7, 11) is 0. The van der Waals surface area contributed by atoms with Crippen LogP contribution in [0.15, 0.2) is 54.6 Å². The number of benzene rings is 2. The van der Waals surface area contributed by atoms with Crippen LogP contribution in [0.25, 0.3) is 0 Å². The molecule has 1 aromatic heterocycles. The smallest absolute Gasteiger partial charge is 0.166 e. The van der Waals surface area contributed by atoms with Gasteiger partial charge >= 0.3 is 0 Å². The number of hydrogen-bond acceptors (Lipinski definition) is 6. The van der Waals surface area contributed by atoms with E-state index in [1.165, 1.54) is 5.56 Å². The zero-order valence-corrected chi connectivity index (χ0v) is 17.3. The van der Waals surface area contributed by atoms with E-state index in [2.05, 4.69) is 32.6 Å². The lowest BCUT2D eigenvalue weighted by Gasteiger charge is -2.30. The van der Waals surface area contributed by atoms with Gasteiger partial charge in [0.15, 0.2) is 11.6 Å². The molecule has 0 spiro atoms. The second-order valence-corrected chi connectivity index (χ2v) is 7.61. The van der Waals surface area contributed by atoms with E-state index in [9.17, 15) is 4.79 Å². The molecule has 0 atom stereocenters. The van der Waals surface area contributed by atoms with E-state index < -0.39 is 0 Å². The molecule has 0 saturated carbocycles. The molecule has 0 aliphatic carbocycles. The molecule has 0 amide bonds. The topological polar surface area (TPSA) is 73.1 Å². The number of Topliss-reactive ketones (excluding diaryl/α,β-unsaturated/α-hetero) is 1. The van der Waals surface area contributed by atoms with Gasteiger partial charge in [0.1, 0.15) is 5.75 Å². The molecular formula is C23H27N5O2. The minimum Gasteiger partial charge on any atom is -0.494 e. The highest BCUT2D eigenvalue weighted by Gasteiger charge is 2.26. The molecule has 30 heavy (non-hydrogen) atoms. The van der Waals surface area contributed by atoms with E-state index in [0.29, 0.717) is 19.7 Å². The fourth-order valence-corrected chi connectivity index (χ4v) is 3.89. The van der Waals surface area contributed by atoms with Crippen molar-refractivity contribution in [2.24, 2.45) is 5.92 Å². The van der Waals surface area contributed by atoms with Crippen molar-refractivity contribution in [2.75, 3.05) is 19.7 Å². The third-order valence-corrected chi connectivity index (χ3v) is 5.55. The lowest BCUT2D eigenvalue weighted by molar-refractivity contribution is 0.0831. The number of nitrogens with zero attached hydrogens (tertiary/aromatic N) is 5. The maximum absolute atomic E-state index is 12.9. The number of likely N-dealkylation sites (tertiary alicyclic amines) is 1. The summed E-state index contributed by atoms with van der Waals surface area (Å²) in [6, 6.07) is 17.7. The van der Waals surface area contributed by atoms with Crippen molar-refractivity contribution in [3.05, 3.63) is 71.5 Å². The molecule has 7 heteroatoms. The highest BCUT2D eigenvalue weighted by molar-refractivity contribution is 5.98. The van der Waals surface area contributed by atoms with E-state index in [0.717, 1.165) is 43.1 Å². The molecule has 4 rings (SSSR count). The van der Waals surface area contributed by atoms with Gasteiger partial charge in [-0.15, -0.1) is 5.10 Å². The highest BCUT2D eigenvalue weighted by Crippen LogP contribution is 2.24. The molecule has 1 aliphatic heterocycles. The van der Waals surface area contributed by atoms with Gasteiger partial charge in [-0.25, -0.2) is 4.68 Å². The average molecular weight is 406 g/mol. The zero-order valence-electron chi connectivity index (χ0n) is 17.3. The molecule has 2 aromatic carbocycles. The summed E-state index contributed by atoms with van der Waals surface area (Å²) in [4.78, 5) is 15.2. The minimum absolute atomic E-state index is 0.0690. The number of piperidine rings is 1. The Morgan fingerprint density at radius 2 is 1.77 bits per heavy atom. The van der Waals surface area contributed by atoms with Gasteiger partial charge < -0.3 is 4.74 Å². The lowest BCUT2D eigenvalue weighted by atomic mass is 9.89. The second-order valence-electron chi connectivity index (χ2n) is 7.61. The summed E-state index contributed by atoms with van der Waals surface area (Å²) in [6.07, 6.45) is 1.71. The first kappa shape index (κ1) is 20.2. The van der Waals surface area contributed by atoms with Crippen LogP contribution in [-0.2, 0) is 13.1 Å². The van der Waals surface area contributed by atoms with Crippen molar-refractivity contribution in [1.29, 1.82) is 0 Å². The van der Waals surface area contributed by atoms with Crippen molar-refractivity contribution in [3.63, 3.8) is 0 Å². The minimum atomic E-state index is 0.0690. The maximum atomic E-state index is 12.9. The summed E-state index contributed by atoms with van der Waals surface area (Å²) in [5.41, 5.74) is 1.94. The van der Waals surface area contributed by atoms with Crippen LogP contribution in [0.3, 0.4) is 0 Å². The van der Waals surface area contributed by atoms with Crippen molar-refractivity contribution >= 4 is 5.78 Å². The number of tetrazole rings is 1. The van der Waals surface area contributed by atoms with Crippen LogP contribution in [0.5, 0.6) is 5.75 Å². The Hall–Kier alpha value is -3.06. The van der Waals surface area contributed by atoms with Crippen LogP contribution in [-0.4, -0.2) is 50.6 Å². The van der Waals surface area contributed by atoms with Crippen molar-refractivity contribution in [2.45, 2.75) is 32.9 Å². The monoisotopic (exact) mass is 405 g/mol. The van der Waals surface area contributed by atoms with Gasteiger partial charge in [0.2, 0.25) is 0 Å². The molecule has 0 N–H and O–H groups in total. The predicted molar refractivity (Wildman–Crippen MR) is 113 cm³/mol. The van der Waals surface area contributed by atoms with Crippen LogP contribution in [0.4, 0.5) is 0 Å². The lowest BCUT2D eigenvalue weighted by Crippen LogP contribution is -2.36. The summed E-state index contributed by atoms with van der Waals surface area (Å²) >= 11 is 0. The van der Waals surface area contributed by atoms with Crippen molar-refractivity contribution in [3.8, 4) is 5.75 Å². The summed E-state index contributed by atoms with van der Waals surface area (Å²) in [5, 5.41) is 12.2. The molecular weight excluding hydrogens is 378 g/mol. The van der Waals surface area contributed by atoms with Gasteiger partial charge in [-0.05, 0) is 73.1 Å². The summed E-state index contributed by atoms with van der Waals surface area (Å²) in [6.45, 7) is 5.67. The molecule has 3 aromatic rings. The predicted octanol–water partition coefficient (Wildman–Crippen LogP) is 3.22. The van der Waals surface area contributed by atoms with E-state index >= 15 is 0 Å². The van der Waals surface area contributed by atoms with E-state index in [1.54, 1.807) is 0 Å². The molecule has 0 radical (unpaired) electrons. The van der Waals surface area contributed by atoms with Gasteiger partial charge in [-0.1, -0.05) is 30.3 Å². The molecule has 1 aliphatic rings. The number of aromatic nitrogens is 4. The second kappa shape index (κ2) is 9.63. The largest absolute Gasteiger partial charge is 0.494 e. The van der Waals surface area contributed by atoms with Gasteiger partial charge in [0.05, 0.1) is 19.7 Å². The first-order valence-corrected chi connectivity index (χ1v) is 10.5. The van der Waals surface area contributed by atoms with Crippen molar-refractivity contribution < 1.29 is 9.53 Å². The third-order valence-electron chi connectivity index (χ3n) is 5.55. The molecule has 0 bridgehead atoms. The van der Waals surface area contributed by atoms with Gasteiger partial charge in [-0.3, -0.25) is 9.69 Å². The van der Waals surface area contributed by atoms with Crippen LogP contribution in [0.2, 0.25) is 0 Å². The van der Waals surface area contributed by atoms with Gasteiger partial charge in [0.25, 0.3) is 0 Å². The van der Waals surface area contributed by atoms with Gasteiger partial charge in [0, 0.05) is 11.5 Å². The first-order valence-electron chi connectivity index (χ1n) is 10.5. The van der Waals surface area contributed by atoms with Crippen LogP contribution < -0.4 is 4.74 Å². The number of rotatable bonds is 8. The first-order chi connectivity index (χ1) is 14.7. The third kappa shape index (κ3) is 4.91. The maximum Gasteiger partial charge on any atom is 0.166 e. The van der Waals surface area contributed by atoms with Gasteiger partial charge in [-0.2, -0.15) is 0 Å². The number of hydrogen-bond donors (Lipinski definition) is 0. The Labute approximate surface area is 176 Å².